The van der Waals surface area contributed by atoms with Crippen LogP contribution in [0.1, 0.15) is 6.42 Å². The molecule has 2 rings (SSSR count). The summed E-state index contributed by atoms with van der Waals surface area (Å²) in [4.78, 5) is 0. The van der Waals surface area contributed by atoms with Crippen molar-refractivity contribution in [1.29, 1.82) is 0 Å². The van der Waals surface area contributed by atoms with Gasteiger partial charge in [-0.3, -0.25) is 0 Å². The standard InChI is InChI=1S/C12H12O/c13-9-12-7-3-5-10-4-1-2-6-11(12)8-10/h1-7,13H,8-9H2. The third-order valence-corrected chi connectivity index (χ3v) is 2.30. The molecule has 2 aliphatic rings. The molecule has 0 saturated heterocycles. The van der Waals surface area contributed by atoms with E-state index in [4.69, 9.17) is 5.11 Å². The fourth-order valence-corrected chi connectivity index (χ4v) is 1.57. The first-order valence-electron chi connectivity index (χ1n) is 4.45. The van der Waals surface area contributed by atoms with Gasteiger partial charge in [0.15, 0.2) is 0 Å². The average molecular weight is 172 g/mol. The van der Waals surface area contributed by atoms with Crippen molar-refractivity contribution in [2.45, 2.75) is 6.42 Å². The second-order valence-electron chi connectivity index (χ2n) is 3.20. The lowest BCUT2D eigenvalue weighted by molar-refractivity contribution is 0.333. The minimum Gasteiger partial charge on any atom is -0.392 e. The molecule has 1 nitrogen and oxygen atoms in total. The number of aliphatic hydroxyl groups excluding tert-OH is 1. The SMILES string of the molecule is OCC1=CC=CC2=CC=CC=C1C2. The van der Waals surface area contributed by atoms with E-state index in [1.54, 1.807) is 0 Å². The molecule has 13 heavy (non-hydrogen) atoms. The fourth-order valence-electron chi connectivity index (χ4n) is 1.57. The number of rotatable bonds is 1. The quantitative estimate of drug-likeness (QED) is 0.643. The molecule has 0 fully saturated rings. The Kier molecular flexibility index (Phi) is 2.28. The van der Waals surface area contributed by atoms with Gasteiger partial charge >= 0.3 is 0 Å². The molecule has 0 aromatic rings. The molecule has 0 spiro atoms. The highest BCUT2D eigenvalue weighted by Crippen LogP contribution is 2.24. The van der Waals surface area contributed by atoms with Crippen LogP contribution in [0.25, 0.3) is 0 Å². The molecule has 0 radical (unpaired) electrons. The van der Waals surface area contributed by atoms with Crippen LogP contribution < -0.4 is 0 Å². The van der Waals surface area contributed by atoms with E-state index in [1.807, 2.05) is 24.3 Å². The number of hydrogen-bond acceptors (Lipinski definition) is 1. The highest BCUT2D eigenvalue weighted by atomic mass is 16.3. The Morgan fingerprint density at radius 2 is 1.92 bits per heavy atom. The van der Waals surface area contributed by atoms with E-state index in [0.717, 1.165) is 12.0 Å². The maximum atomic E-state index is 9.13. The van der Waals surface area contributed by atoms with Crippen molar-refractivity contribution < 1.29 is 5.11 Å². The largest absolute Gasteiger partial charge is 0.392 e. The summed E-state index contributed by atoms with van der Waals surface area (Å²) in [5.41, 5.74) is 3.53. The second kappa shape index (κ2) is 3.58. The van der Waals surface area contributed by atoms with Gasteiger partial charge in [0.05, 0.1) is 6.61 Å². The summed E-state index contributed by atoms with van der Waals surface area (Å²) in [5, 5.41) is 9.13. The summed E-state index contributed by atoms with van der Waals surface area (Å²) in [7, 11) is 0. The van der Waals surface area contributed by atoms with E-state index in [0.29, 0.717) is 0 Å². The minimum atomic E-state index is 0.122. The zero-order valence-corrected chi connectivity index (χ0v) is 7.40. The van der Waals surface area contributed by atoms with Gasteiger partial charge in [0, 0.05) is 0 Å². The minimum absolute atomic E-state index is 0.122. The molecule has 0 aromatic heterocycles. The molecule has 1 N–H and O–H groups in total. The number of hydrogen-bond donors (Lipinski definition) is 1. The van der Waals surface area contributed by atoms with Gasteiger partial charge < -0.3 is 5.11 Å². The molecule has 0 heterocycles. The summed E-state index contributed by atoms with van der Waals surface area (Å²) >= 11 is 0. The molecule has 0 unspecified atom stereocenters. The van der Waals surface area contributed by atoms with Gasteiger partial charge in [-0.1, -0.05) is 42.5 Å². The van der Waals surface area contributed by atoms with Crippen LogP contribution in [-0.4, -0.2) is 11.7 Å². The Bertz CT molecular complexity index is 351. The van der Waals surface area contributed by atoms with Crippen molar-refractivity contribution in [3.63, 3.8) is 0 Å². The first kappa shape index (κ1) is 8.27. The zero-order valence-electron chi connectivity index (χ0n) is 7.40. The normalized spacial score (nSPS) is 19.9. The van der Waals surface area contributed by atoms with Gasteiger partial charge in [-0.15, -0.1) is 0 Å². The van der Waals surface area contributed by atoms with Crippen LogP contribution in [0.2, 0.25) is 0 Å². The summed E-state index contributed by atoms with van der Waals surface area (Å²) in [6.45, 7) is 0.122. The summed E-state index contributed by atoms with van der Waals surface area (Å²) in [6.07, 6.45) is 15.2. The molecule has 0 aromatic carbocycles. The van der Waals surface area contributed by atoms with Gasteiger partial charge in [0.25, 0.3) is 0 Å². The lowest BCUT2D eigenvalue weighted by Gasteiger charge is -2.06. The van der Waals surface area contributed by atoms with Crippen molar-refractivity contribution in [2.75, 3.05) is 6.61 Å². The lowest BCUT2D eigenvalue weighted by atomic mass is 10.0. The van der Waals surface area contributed by atoms with E-state index in [2.05, 4.69) is 18.2 Å². The molecule has 2 aliphatic carbocycles. The van der Waals surface area contributed by atoms with Crippen molar-refractivity contribution in [3.8, 4) is 0 Å². The Morgan fingerprint density at radius 3 is 2.77 bits per heavy atom. The molecule has 2 bridgehead atoms. The third-order valence-electron chi connectivity index (χ3n) is 2.30. The van der Waals surface area contributed by atoms with Gasteiger partial charge in [-0.25, -0.2) is 0 Å². The average Bonchev–Trinajstić information content (AvgIpc) is 2.49. The van der Waals surface area contributed by atoms with Crippen molar-refractivity contribution >= 4 is 0 Å². The van der Waals surface area contributed by atoms with Gasteiger partial charge in [0.1, 0.15) is 0 Å². The van der Waals surface area contributed by atoms with Gasteiger partial charge in [0.2, 0.25) is 0 Å². The van der Waals surface area contributed by atoms with Gasteiger partial charge in [-0.2, -0.15) is 0 Å². The second-order valence-corrected chi connectivity index (χ2v) is 3.20. The van der Waals surface area contributed by atoms with E-state index < -0.39 is 0 Å². The monoisotopic (exact) mass is 172 g/mol. The van der Waals surface area contributed by atoms with E-state index in [1.165, 1.54) is 11.1 Å². The Hall–Kier alpha value is -1.34. The molecule has 0 aliphatic heterocycles. The van der Waals surface area contributed by atoms with Crippen molar-refractivity contribution in [1.82, 2.24) is 0 Å². The van der Waals surface area contributed by atoms with E-state index in [-0.39, 0.29) is 6.61 Å². The molecule has 0 saturated carbocycles. The smallest absolute Gasteiger partial charge is 0.0684 e. The zero-order chi connectivity index (χ0) is 9.10. The Morgan fingerprint density at radius 1 is 1.08 bits per heavy atom. The predicted molar refractivity (Wildman–Crippen MR) is 54.2 cm³/mol. The number of fused-ring (bicyclic) bond motifs is 2. The van der Waals surface area contributed by atoms with Crippen LogP contribution in [0.5, 0.6) is 0 Å². The first-order chi connectivity index (χ1) is 6.40. The maximum Gasteiger partial charge on any atom is 0.0684 e. The summed E-state index contributed by atoms with van der Waals surface area (Å²) in [6, 6.07) is 0. The molecule has 1 heteroatoms. The van der Waals surface area contributed by atoms with Crippen LogP contribution in [-0.2, 0) is 0 Å². The van der Waals surface area contributed by atoms with Gasteiger partial charge in [-0.05, 0) is 23.1 Å². The Balaban J connectivity index is 2.43. The molecule has 66 valence electrons. The highest BCUT2D eigenvalue weighted by Gasteiger charge is 2.08. The van der Waals surface area contributed by atoms with Crippen LogP contribution >= 0.6 is 0 Å². The number of aliphatic hydroxyl groups is 1. The first-order valence-corrected chi connectivity index (χ1v) is 4.45. The predicted octanol–water partition coefficient (Wildman–Crippen LogP) is 2.29. The Labute approximate surface area is 78.1 Å². The van der Waals surface area contributed by atoms with Crippen LogP contribution in [0.3, 0.4) is 0 Å². The summed E-state index contributed by atoms with van der Waals surface area (Å²) in [5.74, 6) is 0. The summed E-state index contributed by atoms with van der Waals surface area (Å²) < 4.78 is 0. The number of allylic oxidation sites excluding steroid dienone is 8. The highest BCUT2D eigenvalue weighted by molar-refractivity contribution is 5.47. The third kappa shape index (κ3) is 1.70. The van der Waals surface area contributed by atoms with Crippen LogP contribution in [0, 0.1) is 0 Å². The molecule has 0 atom stereocenters. The van der Waals surface area contributed by atoms with Crippen LogP contribution in [0.4, 0.5) is 0 Å². The molecular weight excluding hydrogens is 160 g/mol. The van der Waals surface area contributed by atoms with Crippen molar-refractivity contribution in [2.24, 2.45) is 0 Å². The maximum absolute atomic E-state index is 9.13. The molecular formula is C12H12O. The van der Waals surface area contributed by atoms with Crippen LogP contribution in [0.15, 0.2) is 59.3 Å². The lowest BCUT2D eigenvalue weighted by Crippen LogP contribution is -1.94. The molecule has 0 amide bonds. The fraction of sp³-hybridized carbons (Fsp3) is 0.167. The van der Waals surface area contributed by atoms with Crippen molar-refractivity contribution in [3.05, 3.63) is 59.3 Å². The van der Waals surface area contributed by atoms with E-state index in [9.17, 15) is 0 Å². The topological polar surface area (TPSA) is 20.2 Å². The van der Waals surface area contributed by atoms with E-state index >= 15 is 0 Å².